The number of nitrogens with zero attached hydrogens (tertiary/aromatic N) is 4. The summed E-state index contributed by atoms with van der Waals surface area (Å²) in [6.07, 6.45) is -0.175. The molecular weight excluding hydrogens is 366 g/mol. The van der Waals surface area contributed by atoms with E-state index in [2.05, 4.69) is 5.10 Å². The maximum absolute atomic E-state index is 13.0. The highest BCUT2D eigenvalue weighted by Crippen LogP contribution is 2.29. The molecule has 2 aliphatic rings. The Bertz CT molecular complexity index is 919. The number of alkyl halides is 2. The maximum atomic E-state index is 13.0. The summed E-state index contributed by atoms with van der Waals surface area (Å²) in [5.41, 5.74) is 1.79. The van der Waals surface area contributed by atoms with Crippen molar-refractivity contribution in [2.24, 2.45) is 5.92 Å². The van der Waals surface area contributed by atoms with Crippen LogP contribution in [0.3, 0.4) is 0 Å². The third-order valence-corrected chi connectivity index (χ3v) is 5.76. The lowest BCUT2D eigenvalue weighted by Crippen LogP contribution is -2.42. The lowest BCUT2D eigenvalue weighted by molar-refractivity contribution is -0.134. The van der Waals surface area contributed by atoms with Crippen molar-refractivity contribution in [2.45, 2.75) is 51.6 Å². The standard InChI is InChI=1S/C20H24F2N4O2/c1-13-5-7-14(8-6-13)11-25-20(28)26-16(3-2-4-17(26)23-25)19(27)24-10-9-15(12-24)18(21)22/h5-8,15-16,18H,2-4,9-12H2,1H3/t15-,16+/m0/s1. The van der Waals surface area contributed by atoms with Crippen molar-refractivity contribution in [3.63, 3.8) is 0 Å². The van der Waals surface area contributed by atoms with Crippen LogP contribution in [0.5, 0.6) is 0 Å². The number of hydrogen-bond donors (Lipinski definition) is 0. The molecule has 0 saturated carbocycles. The molecule has 28 heavy (non-hydrogen) atoms. The Morgan fingerprint density at radius 1 is 1.25 bits per heavy atom. The number of rotatable bonds is 4. The summed E-state index contributed by atoms with van der Waals surface area (Å²) in [4.78, 5) is 27.4. The predicted octanol–water partition coefficient (Wildman–Crippen LogP) is 2.39. The summed E-state index contributed by atoms with van der Waals surface area (Å²) >= 11 is 0. The summed E-state index contributed by atoms with van der Waals surface area (Å²) in [5.74, 6) is -0.402. The minimum absolute atomic E-state index is 0.0641. The van der Waals surface area contributed by atoms with E-state index in [1.807, 2.05) is 31.2 Å². The van der Waals surface area contributed by atoms with Crippen molar-refractivity contribution in [3.05, 3.63) is 51.7 Å². The van der Waals surface area contributed by atoms with Gasteiger partial charge in [-0.05, 0) is 31.7 Å². The second-order valence-corrected chi connectivity index (χ2v) is 7.79. The monoisotopic (exact) mass is 390 g/mol. The molecule has 4 rings (SSSR count). The number of carbonyl (C=O) groups is 1. The zero-order chi connectivity index (χ0) is 19.8. The van der Waals surface area contributed by atoms with Crippen LogP contribution in [0, 0.1) is 12.8 Å². The van der Waals surface area contributed by atoms with Gasteiger partial charge in [-0.15, -0.1) is 0 Å². The lowest BCUT2D eigenvalue weighted by Gasteiger charge is -2.27. The SMILES string of the molecule is Cc1ccc(Cn2nc3n(c2=O)[C@@H](C(=O)N2CC[C@H](C(F)F)C2)CCC3)cc1. The molecule has 1 aromatic carbocycles. The fourth-order valence-corrected chi connectivity index (χ4v) is 4.14. The number of carbonyl (C=O) groups excluding carboxylic acids is 1. The van der Waals surface area contributed by atoms with E-state index in [9.17, 15) is 18.4 Å². The van der Waals surface area contributed by atoms with Crippen LogP contribution in [0.15, 0.2) is 29.1 Å². The predicted molar refractivity (Wildman–Crippen MR) is 99.4 cm³/mol. The van der Waals surface area contributed by atoms with Gasteiger partial charge in [-0.25, -0.2) is 18.3 Å². The Kier molecular flexibility index (Phi) is 5.03. The van der Waals surface area contributed by atoms with Crippen LogP contribution in [0.4, 0.5) is 8.78 Å². The van der Waals surface area contributed by atoms with Crippen LogP contribution >= 0.6 is 0 Å². The first-order valence-electron chi connectivity index (χ1n) is 9.74. The van der Waals surface area contributed by atoms with Crippen LogP contribution in [0.1, 0.15) is 42.3 Å². The Morgan fingerprint density at radius 2 is 2.00 bits per heavy atom. The summed E-state index contributed by atoms with van der Waals surface area (Å²) in [6, 6.07) is 7.24. The van der Waals surface area contributed by atoms with E-state index in [4.69, 9.17) is 0 Å². The number of likely N-dealkylation sites (tertiary alicyclic amines) is 1. The van der Waals surface area contributed by atoms with Crippen molar-refractivity contribution < 1.29 is 13.6 Å². The number of amides is 1. The van der Waals surface area contributed by atoms with Crippen molar-refractivity contribution >= 4 is 5.91 Å². The average Bonchev–Trinajstić information content (AvgIpc) is 3.29. The molecule has 0 bridgehead atoms. The van der Waals surface area contributed by atoms with E-state index >= 15 is 0 Å². The van der Waals surface area contributed by atoms with E-state index in [-0.39, 0.29) is 18.1 Å². The van der Waals surface area contributed by atoms with Gasteiger partial charge in [-0.1, -0.05) is 29.8 Å². The molecule has 3 heterocycles. The molecule has 6 nitrogen and oxygen atoms in total. The largest absolute Gasteiger partial charge is 0.346 e. The first kappa shape index (κ1) is 18.8. The van der Waals surface area contributed by atoms with Crippen molar-refractivity contribution in [3.8, 4) is 0 Å². The highest BCUT2D eigenvalue weighted by atomic mass is 19.3. The van der Waals surface area contributed by atoms with Gasteiger partial charge in [-0.3, -0.25) is 9.36 Å². The smallest absolute Gasteiger partial charge is 0.340 e. The number of halogens is 2. The molecule has 0 unspecified atom stereocenters. The molecule has 0 N–H and O–H groups in total. The number of aryl methyl sites for hydroxylation is 2. The molecule has 2 aliphatic heterocycles. The Labute approximate surface area is 161 Å². The van der Waals surface area contributed by atoms with Gasteiger partial charge in [0.25, 0.3) is 0 Å². The molecule has 0 radical (unpaired) electrons. The van der Waals surface area contributed by atoms with Crippen molar-refractivity contribution in [1.29, 1.82) is 0 Å². The second-order valence-electron chi connectivity index (χ2n) is 7.79. The third kappa shape index (κ3) is 3.47. The summed E-state index contributed by atoms with van der Waals surface area (Å²) in [7, 11) is 0. The minimum atomic E-state index is -2.42. The van der Waals surface area contributed by atoms with Crippen LogP contribution in [0.2, 0.25) is 0 Å². The molecule has 0 aliphatic carbocycles. The number of benzene rings is 1. The van der Waals surface area contributed by atoms with E-state index in [0.29, 0.717) is 38.2 Å². The molecule has 0 spiro atoms. The van der Waals surface area contributed by atoms with Gasteiger partial charge in [0.1, 0.15) is 11.9 Å². The van der Waals surface area contributed by atoms with Crippen LogP contribution in [-0.2, 0) is 17.8 Å². The van der Waals surface area contributed by atoms with Gasteiger partial charge >= 0.3 is 5.69 Å². The minimum Gasteiger partial charge on any atom is -0.340 e. The molecule has 1 fully saturated rings. The lowest BCUT2D eigenvalue weighted by atomic mass is 10.0. The molecule has 8 heteroatoms. The normalized spacial score (nSPS) is 21.9. The number of hydrogen-bond acceptors (Lipinski definition) is 3. The molecule has 2 atom stereocenters. The first-order valence-corrected chi connectivity index (χ1v) is 9.74. The van der Waals surface area contributed by atoms with Crippen molar-refractivity contribution in [1.82, 2.24) is 19.2 Å². The van der Waals surface area contributed by atoms with Crippen LogP contribution in [0.25, 0.3) is 0 Å². The van der Waals surface area contributed by atoms with Gasteiger partial charge in [0, 0.05) is 25.4 Å². The van der Waals surface area contributed by atoms with Crippen LogP contribution < -0.4 is 5.69 Å². The number of fused-ring (bicyclic) bond motifs is 1. The van der Waals surface area contributed by atoms with Gasteiger partial charge in [0.15, 0.2) is 0 Å². The Hall–Kier alpha value is -2.51. The summed E-state index contributed by atoms with van der Waals surface area (Å²) in [5, 5.41) is 4.45. The Morgan fingerprint density at radius 3 is 2.68 bits per heavy atom. The van der Waals surface area contributed by atoms with Gasteiger partial charge < -0.3 is 4.90 Å². The maximum Gasteiger partial charge on any atom is 0.346 e. The van der Waals surface area contributed by atoms with E-state index in [1.54, 1.807) is 0 Å². The summed E-state index contributed by atoms with van der Waals surface area (Å²) in [6.45, 7) is 2.73. The molecule has 1 aromatic heterocycles. The fraction of sp³-hybridized carbons (Fsp3) is 0.550. The van der Waals surface area contributed by atoms with Gasteiger partial charge in [-0.2, -0.15) is 5.10 Å². The van der Waals surface area contributed by atoms with E-state index < -0.39 is 18.4 Å². The topological polar surface area (TPSA) is 60.1 Å². The highest BCUT2D eigenvalue weighted by Gasteiger charge is 2.38. The highest BCUT2D eigenvalue weighted by molar-refractivity contribution is 5.81. The third-order valence-electron chi connectivity index (χ3n) is 5.76. The van der Waals surface area contributed by atoms with Crippen LogP contribution in [-0.4, -0.2) is 44.7 Å². The summed E-state index contributed by atoms with van der Waals surface area (Å²) < 4.78 is 28.8. The molecule has 2 aromatic rings. The quantitative estimate of drug-likeness (QED) is 0.806. The second kappa shape index (κ2) is 7.48. The fourth-order valence-electron chi connectivity index (χ4n) is 4.14. The molecule has 150 valence electrons. The molecular formula is C20H24F2N4O2. The molecule has 1 amide bonds. The zero-order valence-electron chi connectivity index (χ0n) is 15.9. The molecule has 1 saturated heterocycles. The van der Waals surface area contributed by atoms with E-state index in [1.165, 1.54) is 14.1 Å². The zero-order valence-corrected chi connectivity index (χ0v) is 15.9. The Balaban J connectivity index is 1.57. The van der Waals surface area contributed by atoms with E-state index in [0.717, 1.165) is 17.5 Å². The number of aromatic nitrogens is 3. The van der Waals surface area contributed by atoms with Gasteiger partial charge in [0.05, 0.1) is 6.54 Å². The van der Waals surface area contributed by atoms with Crippen molar-refractivity contribution in [2.75, 3.05) is 13.1 Å². The van der Waals surface area contributed by atoms with Gasteiger partial charge in [0.2, 0.25) is 12.3 Å². The average molecular weight is 390 g/mol. The first-order chi connectivity index (χ1) is 13.4.